The van der Waals surface area contributed by atoms with Gasteiger partial charge in [0.2, 0.25) is 5.88 Å². The fourth-order valence-corrected chi connectivity index (χ4v) is 4.59. The maximum absolute atomic E-state index is 9.86. The van der Waals surface area contributed by atoms with E-state index in [0.29, 0.717) is 35.0 Å². The van der Waals surface area contributed by atoms with Crippen molar-refractivity contribution in [3.05, 3.63) is 65.9 Å². The molecular formula is C29H40N8O2. The lowest BCUT2D eigenvalue weighted by molar-refractivity contribution is 0.274. The number of nitrogens with zero attached hydrogens (tertiary/aromatic N) is 8. The number of methoxy groups -OCH3 is 1. The van der Waals surface area contributed by atoms with Gasteiger partial charge in [0.15, 0.2) is 11.6 Å². The number of aliphatic hydroxyl groups excluding tert-OH is 1. The molecule has 4 aromatic heterocycles. The molecule has 4 rings (SSSR count). The number of hydrogen-bond acceptors (Lipinski definition) is 8. The number of rotatable bonds is 10. The molecule has 2 atom stereocenters. The highest BCUT2D eigenvalue weighted by atomic mass is 16.5. The van der Waals surface area contributed by atoms with E-state index >= 15 is 0 Å². The van der Waals surface area contributed by atoms with Crippen LogP contribution in [0.25, 0.3) is 11.6 Å². The molecule has 0 radical (unpaired) electrons. The summed E-state index contributed by atoms with van der Waals surface area (Å²) in [5.41, 5.74) is 3.46. The molecule has 0 bridgehead atoms. The average Bonchev–Trinajstić information content (AvgIpc) is 3.61. The van der Waals surface area contributed by atoms with Crippen LogP contribution >= 0.6 is 0 Å². The fourth-order valence-electron chi connectivity index (χ4n) is 4.59. The van der Waals surface area contributed by atoms with E-state index in [-0.39, 0.29) is 18.4 Å². The van der Waals surface area contributed by atoms with Crippen molar-refractivity contribution in [2.45, 2.75) is 79.2 Å². The van der Waals surface area contributed by atoms with Gasteiger partial charge in [-0.1, -0.05) is 41.5 Å². The Kier molecular flexibility index (Phi) is 8.15. The summed E-state index contributed by atoms with van der Waals surface area (Å²) in [7, 11) is 1.61. The summed E-state index contributed by atoms with van der Waals surface area (Å²) < 4.78 is 9.06. The van der Waals surface area contributed by atoms with Gasteiger partial charge in [0, 0.05) is 11.8 Å². The first-order valence-electron chi connectivity index (χ1n) is 13.4. The van der Waals surface area contributed by atoms with Crippen LogP contribution in [0, 0.1) is 11.8 Å². The van der Waals surface area contributed by atoms with Gasteiger partial charge >= 0.3 is 0 Å². The zero-order valence-electron chi connectivity index (χ0n) is 24.4. The van der Waals surface area contributed by atoms with Crippen molar-refractivity contribution in [1.29, 1.82) is 0 Å². The van der Waals surface area contributed by atoms with Crippen LogP contribution in [0.3, 0.4) is 0 Å². The minimum atomic E-state index is -0.670. The van der Waals surface area contributed by atoms with E-state index in [1.54, 1.807) is 53.7 Å². The molecule has 39 heavy (non-hydrogen) atoms. The predicted octanol–water partition coefficient (Wildman–Crippen LogP) is 4.98. The first-order chi connectivity index (χ1) is 18.5. The zero-order chi connectivity index (χ0) is 28.5. The highest BCUT2D eigenvalue weighted by Crippen LogP contribution is 2.40. The molecule has 4 heterocycles. The normalized spacial score (nSPS) is 13.7. The molecule has 0 saturated heterocycles. The summed E-state index contributed by atoms with van der Waals surface area (Å²) in [6, 6.07) is 0. The van der Waals surface area contributed by atoms with Crippen molar-refractivity contribution in [1.82, 2.24) is 39.0 Å². The van der Waals surface area contributed by atoms with Gasteiger partial charge in [-0.25, -0.2) is 19.9 Å². The molecule has 0 aromatic carbocycles. The van der Waals surface area contributed by atoms with Gasteiger partial charge in [0.05, 0.1) is 72.4 Å². The number of hydrogen-bond donors (Lipinski definition) is 1. The Labute approximate surface area is 230 Å². The van der Waals surface area contributed by atoms with Gasteiger partial charge < -0.3 is 9.84 Å². The molecule has 0 spiro atoms. The van der Waals surface area contributed by atoms with Crippen molar-refractivity contribution in [3.8, 4) is 17.5 Å². The quantitative estimate of drug-likeness (QED) is 0.304. The Bertz CT molecular complexity index is 1320. The van der Waals surface area contributed by atoms with Crippen molar-refractivity contribution in [2.24, 2.45) is 11.8 Å². The summed E-state index contributed by atoms with van der Waals surface area (Å²) in [6.45, 7) is 17.2. The van der Waals surface area contributed by atoms with E-state index in [0.717, 1.165) is 22.8 Å². The second kappa shape index (κ2) is 11.2. The van der Waals surface area contributed by atoms with Gasteiger partial charge in [-0.05, 0) is 25.7 Å². The van der Waals surface area contributed by atoms with Gasteiger partial charge in [0.1, 0.15) is 12.7 Å². The Morgan fingerprint density at radius 1 is 0.769 bits per heavy atom. The third kappa shape index (κ3) is 5.30. The number of aliphatic hydroxyl groups is 1. The summed E-state index contributed by atoms with van der Waals surface area (Å²) >= 11 is 0. The Morgan fingerprint density at radius 3 is 1.74 bits per heavy atom. The molecule has 4 aromatic rings. The third-order valence-corrected chi connectivity index (χ3v) is 7.81. The molecule has 0 fully saturated rings. The molecule has 0 saturated carbocycles. The van der Waals surface area contributed by atoms with Crippen LogP contribution < -0.4 is 4.74 Å². The van der Waals surface area contributed by atoms with Crippen LogP contribution in [0.15, 0.2) is 37.4 Å². The smallest absolute Gasteiger partial charge is 0.219 e. The minimum absolute atomic E-state index is 0.150. The number of aromatic nitrogens is 8. The summed E-state index contributed by atoms with van der Waals surface area (Å²) in [4.78, 5) is 28.8. The van der Waals surface area contributed by atoms with Crippen molar-refractivity contribution >= 4 is 0 Å². The van der Waals surface area contributed by atoms with E-state index < -0.39 is 5.41 Å². The van der Waals surface area contributed by atoms with Crippen LogP contribution in [-0.2, 0) is 12.0 Å². The molecule has 0 amide bonds. The van der Waals surface area contributed by atoms with E-state index in [1.165, 1.54) is 0 Å². The summed E-state index contributed by atoms with van der Waals surface area (Å²) in [6.07, 6.45) is 10.1. The molecule has 208 valence electrons. The highest BCUT2D eigenvalue weighted by molar-refractivity contribution is 5.42. The number of ether oxygens (including phenoxy) is 1. The van der Waals surface area contributed by atoms with E-state index in [9.17, 15) is 5.11 Å². The molecule has 10 heteroatoms. The maximum atomic E-state index is 9.86. The predicted molar refractivity (Wildman–Crippen MR) is 149 cm³/mol. The lowest BCUT2D eigenvalue weighted by Gasteiger charge is -2.32. The van der Waals surface area contributed by atoms with E-state index in [2.05, 4.69) is 65.4 Å². The highest BCUT2D eigenvalue weighted by Gasteiger charge is 2.37. The molecule has 0 aliphatic carbocycles. The zero-order valence-corrected chi connectivity index (χ0v) is 24.4. The lowest BCUT2D eigenvalue weighted by Crippen LogP contribution is -2.30. The third-order valence-electron chi connectivity index (χ3n) is 7.81. The largest absolute Gasteiger partial charge is 0.481 e. The number of imidazole rings is 2. The lowest BCUT2D eigenvalue weighted by atomic mass is 9.77. The molecule has 10 nitrogen and oxygen atoms in total. The average molecular weight is 533 g/mol. The van der Waals surface area contributed by atoms with Crippen LogP contribution in [-0.4, -0.2) is 51.3 Å². The van der Waals surface area contributed by atoms with Crippen LogP contribution in [0.4, 0.5) is 0 Å². The second-order valence-electron chi connectivity index (χ2n) is 11.3. The van der Waals surface area contributed by atoms with Crippen LogP contribution in [0.2, 0.25) is 0 Å². The monoisotopic (exact) mass is 532 g/mol. The van der Waals surface area contributed by atoms with Gasteiger partial charge in [-0.2, -0.15) is 0 Å². The summed E-state index contributed by atoms with van der Waals surface area (Å²) in [5, 5.41) is 9.86. The maximum Gasteiger partial charge on any atom is 0.219 e. The Hall–Kier alpha value is -3.66. The van der Waals surface area contributed by atoms with Crippen molar-refractivity contribution in [2.75, 3.05) is 7.11 Å². The minimum Gasteiger partial charge on any atom is -0.481 e. The fraction of sp³-hybridized carbons (Fsp3) is 0.517. The van der Waals surface area contributed by atoms with Crippen molar-refractivity contribution < 1.29 is 9.84 Å². The molecule has 1 N–H and O–H groups in total. The van der Waals surface area contributed by atoms with Crippen LogP contribution in [0.5, 0.6) is 5.88 Å². The molecule has 0 aliphatic heterocycles. The van der Waals surface area contributed by atoms with Crippen molar-refractivity contribution in [3.63, 3.8) is 0 Å². The van der Waals surface area contributed by atoms with E-state index in [4.69, 9.17) is 24.7 Å². The van der Waals surface area contributed by atoms with E-state index in [1.807, 2.05) is 0 Å². The first-order valence-corrected chi connectivity index (χ1v) is 13.4. The first kappa shape index (κ1) is 28.4. The SMILES string of the molecule is COc1cncn1-c1cnc(C(C)C(C)C)c(C(C)(C)c2nc(-n3cncc3CO)cnc2C(C)C(C)C)n1. The Morgan fingerprint density at radius 2 is 1.26 bits per heavy atom. The summed E-state index contributed by atoms with van der Waals surface area (Å²) in [5.74, 6) is 2.80. The van der Waals surface area contributed by atoms with Gasteiger partial charge in [0.25, 0.3) is 0 Å². The Balaban J connectivity index is 1.99. The van der Waals surface area contributed by atoms with Crippen LogP contribution in [0.1, 0.15) is 95.7 Å². The standard InChI is InChI=1S/C29H40N8O2/c1-17(2)19(5)25-27(34-22(11-32-25)36-15-30-10-21(36)14-38)29(7,8)28-26(20(6)18(3)4)33-12-23(35-28)37-16-31-13-24(37)39-9/h10-13,15-20,38H,14H2,1-9H3. The second-order valence-corrected chi connectivity index (χ2v) is 11.3. The molecule has 2 unspecified atom stereocenters. The molecule has 0 aliphatic rings. The topological polar surface area (TPSA) is 117 Å². The molecular weight excluding hydrogens is 492 g/mol. The van der Waals surface area contributed by atoms with Gasteiger partial charge in [-0.3, -0.25) is 19.1 Å². The van der Waals surface area contributed by atoms with Gasteiger partial charge in [-0.15, -0.1) is 0 Å².